The third-order valence-corrected chi connectivity index (χ3v) is 5.18. The van der Waals surface area contributed by atoms with Crippen LogP contribution < -0.4 is 5.32 Å². The predicted molar refractivity (Wildman–Crippen MR) is 113 cm³/mol. The van der Waals surface area contributed by atoms with E-state index in [2.05, 4.69) is 24.1 Å². The number of hydrogen-bond acceptors (Lipinski definition) is 5. The predicted octanol–water partition coefficient (Wildman–Crippen LogP) is 5.00. The number of thiazole rings is 1. The minimum absolute atomic E-state index is 0.270. The van der Waals surface area contributed by atoms with Crippen LogP contribution in [0.1, 0.15) is 37.3 Å². The molecule has 1 aromatic heterocycles. The number of aromatic nitrogens is 1. The number of nitrogens with zero attached hydrogens (tertiary/aromatic N) is 1. The zero-order chi connectivity index (χ0) is 20.1. The zero-order valence-electron chi connectivity index (χ0n) is 16.0. The summed E-state index contributed by atoms with van der Waals surface area (Å²) in [4.78, 5) is 28.9. The Labute approximate surface area is 168 Å². The number of anilines is 1. The average molecular weight is 394 g/mol. The maximum absolute atomic E-state index is 12.4. The van der Waals surface area contributed by atoms with Crippen LogP contribution in [0.2, 0.25) is 0 Å². The van der Waals surface area contributed by atoms with Crippen LogP contribution in [0.15, 0.2) is 54.6 Å². The number of carbonyl (C=O) groups excluding carboxylic acids is 2. The van der Waals surface area contributed by atoms with Crippen molar-refractivity contribution in [2.45, 2.75) is 32.8 Å². The van der Waals surface area contributed by atoms with E-state index in [1.165, 1.54) is 17.4 Å². The number of benzene rings is 2. The summed E-state index contributed by atoms with van der Waals surface area (Å²) in [6.07, 6.45) is 1.99. The van der Waals surface area contributed by atoms with Crippen LogP contribution in [0.4, 0.5) is 5.69 Å². The smallest absolute Gasteiger partial charge is 0.331 e. The van der Waals surface area contributed by atoms with Gasteiger partial charge in [-0.25, -0.2) is 9.78 Å². The van der Waals surface area contributed by atoms with Gasteiger partial charge in [-0.2, -0.15) is 0 Å². The van der Waals surface area contributed by atoms with Crippen molar-refractivity contribution in [2.24, 2.45) is 0 Å². The molecule has 144 valence electrons. The fraction of sp³-hybridized carbons (Fsp3) is 0.227. The van der Waals surface area contributed by atoms with E-state index >= 15 is 0 Å². The highest BCUT2D eigenvalue weighted by Crippen LogP contribution is 2.24. The van der Waals surface area contributed by atoms with Crippen LogP contribution in [0, 0.1) is 0 Å². The highest BCUT2D eigenvalue weighted by atomic mass is 32.1. The van der Waals surface area contributed by atoms with Gasteiger partial charge in [0.1, 0.15) is 5.01 Å². The van der Waals surface area contributed by atoms with Gasteiger partial charge in [-0.05, 0) is 42.7 Å². The van der Waals surface area contributed by atoms with Crippen molar-refractivity contribution in [3.63, 3.8) is 0 Å². The second-order valence-electron chi connectivity index (χ2n) is 6.66. The summed E-state index contributed by atoms with van der Waals surface area (Å²) in [6.45, 7) is 5.67. The van der Waals surface area contributed by atoms with Crippen LogP contribution in [-0.4, -0.2) is 23.0 Å². The minimum Gasteiger partial charge on any atom is -0.449 e. The second kappa shape index (κ2) is 8.80. The summed E-state index contributed by atoms with van der Waals surface area (Å²) in [5.74, 6) is -0.681. The lowest BCUT2D eigenvalue weighted by Gasteiger charge is -2.16. The largest absolute Gasteiger partial charge is 0.449 e. The monoisotopic (exact) mass is 394 g/mol. The molecule has 0 bridgehead atoms. The standard InChI is InChI=1S/C22H22N2O3S/c1-14(2)16-8-4-5-9-17(16)24-22(26)15(3)27-21(25)13-12-20-23-18-10-6-7-11-19(18)28-20/h4-15H,1-3H3,(H,24,26)/b13-12+/t15-/m0/s1. The van der Waals surface area contributed by atoms with Gasteiger partial charge in [0.25, 0.3) is 5.91 Å². The van der Waals surface area contributed by atoms with Crippen LogP contribution in [-0.2, 0) is 14.3 Å². The van der Waals surface area contributed by atoms with Crippen LogP contribution in [0.25, 0.3) is 16.3 Å². The molecule has 3 rings (SSSR count). The Hall–Kier alpha value is -2.99. The van der Waals surface area contributed by atoms with E-state index in [9.17, 15) is 9.59 Å². The Morgan fingerprint density at radius 1 is 1.07 bits per heavy atom. The quantitative estimate of drug-likeness (QED) is 0.472. The Kier molecular flexibility index (Phi) is 6.21. The third-order valence-electron chi connectivity index (χ3n) is 4.18. The van der Waals surface area contributed by atoms with Gasteiger partial charge >= 0.3 is 5.97 Å². The number of ether oxygens (including phenoxy) is 1. The number of esters is 1. The highest BCUT2D eigenvalue weighted by molar-refractivity contribution is 7.19. The topological polar surface area (TPSA) is 68.3 Å². The fourth-order valence-corrected chi connectivity index (χ4v) is 3.59. The van der Waals surface area contributed by atoms with E-state index in [1.54, 1.807) is 13.0 Å². The number of fused-ring (bicyclic) bond motifs is 1. The number of amides is 1. The molecule has 0 spiro atoms. The third kappa shape index (κ3) is 4.84. The molecule has 5 nitrogen and oxygen atoms in total. The zero-order valence-corrected chi connectivity index (χ0v) is 16.8. The fourth-order valence-electron chi connectivity index (χ4n) is 2.72. The van der Waals surface area contributed by atoms with E-state index in [0.717, 1.165) is 21.5 Å². The molecule has 1 amide bonds. The molecule has 1 heterocycles. The summed E-state index contributed by atoms with van der Waals surface area (Å²) < 4.78 is 6.27. The van der Waals surface area contributed by atoms with Gasteiger partial charge < -0.3 is 10.1 Å². The second-order valence-corrected chi connectivity index (χ2v) is 7.73. The van der Waals surface area contributed by atoms with E-state index in [4.69, 9.17) is 4.74 Å². The Balaban J connectivity index is 1.59. The van der Waals surface area contributed by atoms with E-state index in [0.29, 0.717) is 5.01 Å². The Morgan fingerprint density at radius 3 is 2.54 bits per heavy atom. The lowest BCUT2D eigenvalue weighted by atomic mass is 10.0. The van der Waals surface area contributed by atoms with Crippen molar-refractivity contribution in [3.05, 3.63) is 65.2 Å². The Morgan fingerprint density at radius 2 is 1.79 bits per heavy atom. The summed E-state index contributed by atoms with van der Waals surface area (Å²) in [7, 11) is 0. The van der Waals surface area contributed by atoms with Gasteiger partial charge in [-0.3, -0.25) is 4.79 Å². The number of carbonyl (C=O) groups is 2. The molecule has 1 atom stereocenters. The highest BCUT2D eigenvalue weighted by Gasteiger charge is 2.18. The maximum Gasteiger partial charge on any atom is 0.331 e. The molecule has 3 aromatic rings. The molecule has 1 N–H and O–H groups in total. The number of rotatable bonds is 6. The van der Waals surface area contributed by atoms with Crippen molar-refractivity contribution in [1.82, 2.24) is 4.98 Å². The van der Waals surface area contributed by atoms with Crippen molar-refractivity contribution in [3.8, 4) is 0 Å². The molecule has 0 fully saturated rings. The molecule has 0 saturated heterocycles. The molecule has 2 aromatic carbocycles. The molecule has 0 aliphatic rings. The number of para-hydroxylation sites is 2. The first-order valence-electron chi connectivity index (χ1n) is 9.08. The average Bonchev–Trinajstić information content (AvgIpc) is 3.09. The van der Waals surface area contributed by atoms with Gasteiger partial charge in [0.05, 0.1) is 10.2 Å². The van der Waals surface area contributed by atoms with Crippen molar-refractivity contribution in [1.29, 1.82) is 0 Å². The van der Waals surface area contributed by atoms with E-state index < -0.39 is 12.1 Å². The van der Waals surface area contributed by atoms with Gasteiger partial charge in [-0.1, -0.05) is 44.2 Å². The molecule has 0 saturated carbocycles. The SMILES string of the molecule is CC(C)c1ccccc1NC(=O)[C@H](C)OC(=O)/C=C/c1nc2ccccc2s1. The van der Waals surface area contributed by atoms with Gasteiger partial charge in [0, 0.05) is 11.8 Å². The maximum atomic E-state index is 12.4. The van der Waals surface area contributed by atoms with Crippen molar-refractivity contribution >= 4 is 45.2 Å². The van der Waals surface area contributed by atoms with E-state index in [1.807, 2.05) is 48.5 Å². The Bertz CT molecular complexity index is 990. The first kappa shape index (κ1) is 19.8. The first-order valence-corrected chi connectivity index (χ1v) is 9.89. The lowest BCUT2D eigenvalue weighted by molar-refractivity contribution is -0.148. The van der Waals surface area contributed by atoms with Crippen LogP contribution in [0.5, 0.6) is 0 Å². The summed E-state index contributed by atoms with van der Waals surface area (Å²) in [5, 5.41) is 3.55. The molecule has 0 unspecified atom stereocenters. The van der Waals surface area contributed by atoms with Gasteiger partial charge in [0.2, 0.25) is 0 Å². The first-order chi connectivity index (χ1) is 13.4. The summed E-state index contributed by atoms with van der Waals surface area (Å²) >= 11 is 1.49. The van der Waals surface area contributed by atoms with Crippen molar-refractivity contribution in [2.75, 3.05) is 5.32 Å². The normalized spacial score (nSPS) is 12.4. The van der Waals surface area contributed by atoms with Crippen LogP contribution in [0.3, 0.4) is 0 Å². The minimum atomic E-state index is -0.910. The molecule has 0 aliphatic carbocycles. The molecular formula is C22H22N2O3S. The number of nitrogens with one attached hydrogen (secondary N) is 1. The molecular weight excluding hydrogens is 372 g/mol. The van der Waals surface area contributed by atoms with Crippen LogP contribution >= 0.6 is 11.3 Å². The summed E-state index contributed by atoms with van der Waals surface area (Å²) in [6, 6.07) is 15.4. The molecule has 0 radical (unpaired) electrons. The van der Waals surface area contributed by atoms with E-state index in [-0.39, 0.29) is 11.8 Å². The van der Waals surface area contributed by atoms with Gasteiger partial charge in [0.15, 0.2) is 6.10 Å². The molecule has 28 heavy (non-hydrogen) atoms. The van der Waals surface area contributed by atoms with Crippen molar-refractivity contribution < 1.29 is 14.3 Å². The van der Waals surface area contributed by atoms with Gasteiger partial charge in [-0.15, -0.1) is 11.3 Å². The lowest BCUT2D eigenvalue weighted by Crippen LogP contribution is -2.29. The molecule has 6 heteroatoms. The number of hydrogen-bond donors (Lipinski definition) is 1. The summed E-state index contributed by atoms with van der Waals surface area (Å²) in [5.41, 5.74) is 2.65. The molecule has 0 aliphatic heterocycles.